The molecule has 0 bridgehead atoms. The minimum atomic E-state index is -1.46. The van der Waals surface area contributed by atoms with Crippen molar-refractivity contribution in [3.05, 3.63) is 34.9 Å². The van der Waals surface area contributed by atoms with Crippen LogP contribution in [0.1, 0.15) is 36.5 Å². The number of carbonyl (C=O) groups excluding carboxylic acids is 1. The maximum atomic E-state index is 10.9. The second-order valence-electron chi connectivity index (χ2n) is 4.33. The van der Waals surface area contributed by atoms with Gasteiger partial charge in [-0.05, 0) is 29.5 Å². The molecule has 0 aliphatic carbocycles. The highest BCUT2D eigenvalue weighted by Gasteiger charge is 2.11. The standard InChI is InChI=1S/C13H17NO3/c1-8(2)10-5-4-9(3)11(6-10)7-14-12(15)13(16)17/h4-6,8H,7H2,1-3H3,(H,14,15)(H,16,17). The molecule has 0 spiro atoms. The molecule has 0 saturated carbocycles. The number of carbonyl (C=O) groups is 2. The molecule has 0 unspecified atom stereocenters. The summed E-state index contributed by atoms with van der Waals surface area (Å²) in [6.07, 6.45) is 0. The average molecular weight is 235 g/mol. The highest BCUT2D eigenvalue weighted by atomic mass is 16.4. The van der Waals surface area contributed by atoms with Gasteiger partial charge in [0.05, 0.1) is 0 Å². The zero-order valence-electron chi connectivity index (χ0n) is 10.3. The van der Waals surface area contributed by atoms with Crippen LogP contribution < -0.4 is 5.32 Å². The van der Waals surface area contributed by atoms with E-state index < -0.39 is 11.9 Å². The highest BCUT2D eigenvalue weighted by molar-refractivity contribution is 6.31. The van der Waals surface area contributed by atoms with E-state index in [-0.39, 0.29) is 6.54 Å². The van der Waals surface area contributed by atoms with E-state index in [2.05, 4.69) is 19.2 Å². The molecule has 1 rings (SSSR count). The highest BCUT2D eigenvalue weighted by Crippen LogP contribution is 2.18. The molecule has 17 heavy (non-hydrogen) atoms. The Morgan fingerprint density at radius 1 is 1.35 bits per heavy atom. The zero-order chi connectivity index (χ0) is 13.0. The van der Waals surface area contributed by atoms with Gasteiger partial charge in [0.1, 0.15) is 0 Å². The van der Waals surface area contributed by atoms with Crippen LogP contribution in [-0.2, 0) is 16.1 Å². The second kappa shape index (κ2) is 5.48. The molecule has 2 N–H and O–H groups in total. The number of benzene rings is 1. The third-order valence-electron chi connectivity index (χ3n) is 2.67. The van der Waals surface area contributed by atoms with Crippen LogP contribution in [0.15, 0.2) is 18.2 Å². The first-order valence-corrected chi connectivity index (χ1v) is 5.52. The summed E-state index contributed by atoms with van der Waals surface area (Å²) in [5.41, 5.74) is 3.17. The first-order chi connectivity index (χ1) is 7.91. The number of rotatable bonds is 3. The molecule has 0 aliphatic rings. The van der Waals surface area contributed by atoms with Crippen molar-refractivity contribution in [2.24, 2.45) is 0 Å². The number of aryl methyl sites for hydroxylation is 1. The van der Waals surface area contributed by atoms with E-state index in [4.69, 9.17) is 5.11 Å². The Bertz CT molecular complexity index is 438. The third kappa shape index (κ3) is 3.59. The largest absolute Gasteiger partial charge is 0.474 e. The van der Waals surface area contributed by atoms with Crippen LogP contribution in [-0.4, -0.2) is 17.0 Å². The molecule has 0 heterocycles. The fourth-order valence-corrected chi connectivity index (χ4v) is 1.49. The number of aliphatic carboxylic acids is 1. The number of hydrogen-bond acceptors (Lipinski definition) is 2. The van der Waals surface area contributed by atoms with Crippen LogP contribution in [0.2, 0.25) is 0 Å². The zero-order valence-corrected chi connectivity index (χ0v) is 10.3. The number of carboxylic acids is 1. The van der Waals surface area contributed by atoms with Gasteiger partial charge in [-0.2, -0.15) is 0 Å². The molecule has 1 aromatic carbocycles. The molecule has 0 radical (unpaired) electrons. The molecule has 0 aromatic heterocycles. The lowest BCUT2D eigenvalue weighted by atomic mass is 9.98. The van der Waals surface area contributed by atoms with E-state index in [1.54, 1.807) is 0 Å². The quantitative estimate of drug-likeness (QED) is 0.785. The lowest BCUT2D eigenvalue weighted by molar-refractivity contribution is -0.150. The SMILES string of the molecule is Cc1ccc(C(C)C)cc1CNC(=O)C(=O)O. The van der Waals surface area contributed by atoms with E-state index in [1.165, 1.54) is 5.56 Å². The lowest BCUT2D eigenvalue weighted by Gasteiger charge is -2.11. The molecule has 1 aromatic rings. The molecule has 92 valence electrons. The van der Waals surface area contributed by atoms with Crippen molar-refractivity contribution in [1.29, 1.82) is 0 Å². The average Bonchev–Trinajstić information content (AvgIpc) is 2.26. The van der Waals surface area contributed by atoms with Gasteiger partial charge in [-0.3, -0.25) is 4.79 Å². The summed E-state index contributed by atoms with van der Waals surface area (Å²) in [7, 11) is 0. The summed E-state index contributed by atoms with van der Waals surface area (Å²) in [6, 6.07) is 6.03. The predicted octanol–water partition coefficient (Wildman–Crippen LogP) is 1.82. The van der Waals surface area contributed by atoms with E-state index in [0.717, 1.165) is 11.1 Å². The monoisotopic (exact) mass is 235 g/mol. The molecule has 0 aliphatic heterocycles. The number of carboxylic acid groups (broad SMARTS) is 1. The van der Waals surface area contributed by atoms with Crippen LogP contribution in [0.5, 0.6) is 0 Å². The second-order valence-corrected chi connectivity index (χ2v) is 4.33. The van der Waals surface area contributed by atoms with Crippen molar-refractivity contribution < 1.29 is 14.7 Å². The van der Waals surface area contributed by atoms with Crippen LogP contribution in [0.4, 0.5) is 0 Å². The molecular weight excluding hydrogens is 218 g/mol. The summed E-state index contributed by atoms with van der Waals surface area (Å²) >= 11 is 0. The van der Waals surface area contributed by atoms with Crippen molar-refractivity contribution in [3.63, 3.8) is 0 Å². The Kier molecular flexibility index (Phi) is 4.26. The first-order valence-electron chi connectivity index (χ1n) is 5.52. The molecular formula is C13H17NO3. The first kappa shape index (κ1) is 13.2. The number of nitrogens with one attached hydrogen (secondary N) is 1. The van der Waals surface area contributed by atoms with Crippen LogP contribution in [0, 0.1) is 6.92 Å². The third-order valence-corrected chi connectivity index (χ3v) is 2.67. The van der Waals surface area contributed by atoms with Gasteiger partial charge < -0.3 is 10.4 Å². The van der Waals surface area contributed by atoms with Crippen molar-refractivity contribution in [2.75, 3.05) is 0 Å². The van der Waals surface area contributed by atoms with Crippen molar-refractivity contribution >= 4 is 11.9 Å². The van der Waals surface area contributed by atoms with E-state index in [9.17, 15) is 9.59 Å². The number of amides is 1. The summed E-state index contributed by atoms with van der Waals surface area (Å²) in [5.74, 6) is -2.02. The maximum absolute atomic E-state index is 10.9. The fraction of sp³-hybridized carbons (Fsp3) is 0.385. The summed E-state index contributed by atoms with van der Waals surface area (Å²) in [5, 5.41) is 10.8. The number of hydrogen-bond donors (Lipinski definition) is 2. The van der Waals surface area contributed by atoms with Gasteiger partial charge in [0.2, 0.25) is 0 Å². The Hall–Kier alpha value is -1.84. The molecule has 0 saturated heterocycles. The van der Waals surface area contributed by atoms with Gasteiger partial charge >= 0.3 is 11.9 Å². The van der Waals surface area contributed by atoms with Gasteiger partial charge in [0.15, 0.2) is 0 Å². The van der Waals surface area contributed by atoms with Crippen molar-refractivity contribution in [1.82, 2.24) is 5.32 Å². The Morgan fingerprint density at radius 3 is 2.53 bits per heavy atom. The van der Waals surface area contributed by atoms with Gasteiger partial charge in [0, 0.05) is 6.54 Å². The molecule has 4 nitrogen and oxygen atoms in total. The lowest BCUT2D eigenvalue weighted by Crippen LogP contribution is -2.30. The predicted molar refractivity (Wildman–Crippen MR) is 64.8 cm³/mol. The van der Waals surface area contributed by atoms with Gasteiger partial charge in [-0.1, -0.05) is 32.0 Å². The van der Waals surface area contributed by atoms with Crippen molar-refractivity contribution in [3.8, 4) is 0 Å². The minimum absolute atomic E-state index is 0.248. The Balaban J connectivity index is 2.80. The van der Waals surface area contributed by atoms with E-state index >= 15 is 0 Å². The fourth-order valence-electron chi connectivity index (χ4n) is 1.49. The molecule has 0 atom stereocenters. The van der Waals surface area contributed by atoms with Crippen molar-refractivity contribution in [2.45, 2.75) is 33.2 Å². The topological polar surface area (TPSA) is 66.4 Å². The Morgan fingerprint density at radius 2 is 2.00 bits per heavy atom. The molecule has 1 amide bonds. The Labute approximate surface area is 101 Å². The smallest absolute Gasteiger partial charge is 0.394 e. The van der Waals surface area contributed by atoms with Crippen LogP contribution >= 0.6 is 0 Å². The van der Waals surface area contributed by atoms with Gasteiger partial charge in [-0.25, -0.2) is 4.79 Å². The van der Waals surface area contributed by atoms with Crippen LogP contribution in [0.25, 0.3) is 0 Å². The summed E-state index contributed by atoms with van der Waals surface area (Å²) in [4.78, 5) is 21.3. The van der Waals surface area contributed by atoms with E-state index in [1.807, 2.05) is 25.1 Å². The minimum Gasteiger partial charge on any atom is -0.474 e. The normalized spacial score (nSPS) is 10.4. The summed E-state index contributed by atoms with van der Waals surface area (Å²) in [6.45, 7) is 6.36. The summed E-state index contributed by atoms with van der Waals surface area (Å²) < 4.78 is 0. The maximum Gasteiger partial charge on any atom is 0.394 e. The molecule has 4 heteroatoms. The van der Waals surface area contributed by atoms with Gasteiger partial charge in [0.25, 0.3) is 0 Å². The van der Waals surface area contributed by atoms with E-state index in [0.29, 0.717) is 5.92 Å². The van der Waals surface area contributed by atoms with Gasteiger partial charge in [-0.15, -0.1) is 0 Å². The van der Waals surface area contributed by atoms with Crippen LogP contribution in [0.3, 0.4) is 0 Å². The molecule has 0 fully saturated rings.